The summed E-state index contributed by atoms with van der Waals surface area (Å²) in [6.45, 7) is 2.72. The van der Waals surface area contributed by atoms with Crippen LogP contribution in [0.4, 0.5) is 0 Å². The number of rotatable bonds is 3. The minimum atomic E-state index is 0.0820. The fourth-order valence-electron chi connectivity index (χ4n) is 0.970. The predicted molar refractivity (Wildman–Crippen MR) is 41.1 cm³/mol. The van der Waals surface area contributed by atoms with Crippen molar-refractivity contribution in [3.8, 4) is 0 Å². The molecule has 2 atom stereocenters. The Labute approximate surface area is 61.3 Å². The third kappa shape index (κ3) is 2.08. The normalized spacial score (nSPS) is 31.4. The maximum absolute atomic E-state index is 5.39. The fraction of sp³-hybridized carbons (Fsp3) is 0.857. The van der Waals surface area contributed by atoms with Crippen LogP contribution < -0.4 is 5.73 Å². The number of nitrogens with zero attached hydrogens (tertiary/aromatic N) is 1. The monoisotopic (exact) mass is 142 g/mol. The van der Waals surface area contributed by atoms with Gasteiger partial charge in [-0.05, 0) is 26.3 Å². The van der Waals surface area contributed by atoms with Gasteiger partial charge in [0.1, 0.15) is 6.23 Å². The Kier molecular flexibility index (Phi) is 2.83. The molecule has 0 amide bonds. The highest BCUT2D eigenvalue weighted by molar-refractivity contribution is 5.64. The van der Waals surface area contributed by atoms with Gasteiger partial charge in [-0.15, -0.1) is 0 Å². The van der Waals surface area contributed by atoms with E-state index >= 15 is 0 Å². The van der Waals surface area contributed by atoms with Gasteiger partial charge in [0.2, 0.25) is 0 Å². The van der Waals surface area contributed by atoms with E-state index in [-0.39, 0.29) is 12.3 Å². The van der Waals surface area contributed by atoms with E-state index in [4.69, 9.17) is 10.5 Å². The van der Waals surface area contributed by atoms with Crippen LogP contribution in [0.15, 0.2) is 4.99 Å². The van der Waals surface area contributed by atoms with Crippen molar-refractivity contribution in [1.29, 1.82) is 0 Å². The molecule has 0 aromatic carbocycles. The first-order valence-electron chi connectivity index (χ1n) is 3.71. The molecule has 0 spiro atoms. The maximum atomic E-state index is 5.39. The molecule has 0 bridgehead atoms. The molecule has 2 unspecified atom stereocenters. The van der Waals surface area contributed by atoms with Crippen molar-refractivity contribution in [3.05, 3.63) is 0 Å². The number of aliphatic imine (C=N–C) groups is 1. The Hall–Kier alpha value is -0.410. The zero-order valence-electron chi connectivity index (χ0n) is 6.29. The Morgan fingerprint density at radius 3 is 3.00 bits per heavy atom. The molecule has 1 heterocycles. The van der Waals surface area contributed by atoms with Crippen LogP contribution >= 0.6 is 0 Å². The lowest BCUT2D eigenvalue weighted by atomic mass is 10.3. The zero-order chi connectivity index (χ0) is 7.40. The van der Waals surface area contributed by atoms with Crippen LogP contribution in [0.5, 0.6) is 0 Å². The second-order valence-corrected chi connectivity index (χ2v) is 2.52. The van der Waals surface area contributed by atoms with E-state index in [1.165, 1.54) is 0 Å². The van der Waals surface area contributed by atoms with Crippen molar-refractivity contribution in [2.45, 2.75) is 32.1 Å². The van der Waals surface area contributed by atoms with Gasteiger partial charge >= 0.3 is 0 Å². The molecule has 3 heteroatoms. The summed E-state index contributed by atoms with van der Waals surface area (Å²) in [6, 6.07) is 0. The molecule has 0 aromatic rings. The summed E-state index contributed by atoms with van der Waals surface area (Å²) >= 11 is 0. The average Bonchev–Trinajstić information content (AvgIpc) is 2.31. The molecule has 3 nitrogen and oxygen atoms in total. The van der Waals surface area contributed by atoms with Gasteiger partial charge in [0.05, 0.1) is 6.10 Å². The summed E-state index contributed by atoms with van der Waals surface area (Å²) in [5.74, 6) is 0. The van der Waals surface area contributed by atoms with Gasteiger partial charge in [0.15, 0.2) is 0 Å². The first-order valence-corrected chi connectivity index (χ1v) is 3.71. The molecule has 58 valence electrons. The van der Waals surface area contributed by atoms with E-state index in [1.807, 2.05) is 13.1 Å². The number of ether oxygens (including phenoxy) is 1. The largest absolute Gasteiger partial charge is 0.348 e. The van der Waals surface area contributed by atoms with Gasteiger partial charge in [0.25, 0.3) is 0 Å². The van der Waals surface area contributed by atoms with Gasteiger partial charge in [0, 0.05) is 6.21 Å². The molecular weight excluding hydrogens is 128 g/mol. The predicted octanol–water partition coefficient (Wildman–Crippen LogP) is 0.541. The summed E-state index contributed by atoms with van der Waals surface area (Å²) in [7, 11) is 0. The minimum Gasteiger partial charge on any atom is -0.348 e. The quantitative estimate of drug-likeness (QED) is 0.625. The van der Waals surface area contributed by atoms with Gasteiger partial charge in [-0.1, -0.05) is 0 Å². The molecule has 0 aromatic heterocycles. The van der Waals surface area contributed by atoms with Gasteiger partial charge in [-0.25, -0.2) is 0 Å². The first-order chi connectivity index (χ1) is 4.83. The molecular formula is C7H14N2O. The van der Waals surface area contributed by atoms with Crippen molar-refractivity contribution in [3.63, 3.8) is 0 Å². The van der Waals surface area contributed by atoms with Gasteiger partial charge in [-0.3, -0.25) is 4.99 Å². The summed E-state index contributed by atoms with van der Waals surface area (Å²) in [5, 5.41) is 0. The van der Waals surface area contributed by atoms with Crippen LogP contribution in [-0.4, -0.2) is 25.1 Å². The van der Waals surface area contributed by atoms with E-state index in [2.05, 4.69) is 4.99 Å². The Bertz CT molecular complexity index is 125. The third-order valence-corrected chi connectivity index (χ3v) is 1.49. The lowest BCUT2D eigenvalue weighted by Gasteiger charge is -2.07. The van der Waals surface area contributed by atoms with Gasteiger partial charge < -0.3 is 10.5 Å². The van der Waals surface area contributed by atoms with Crippen molar-refractivity contribution in [2.75, 3.05) is 6.54 Å². The summed E-state index contributed by atoms with van der Waals surface area (Å²) in [4.78, 5) is 4.15. The highest BCUT2D eigenvalue weighted by Crippen LogP contribution is 2.11. The second kappa shape index (κ2) is 3.68. The lowest BCUT2D eigenvalue weighted by molar-refractivity contribution is 0.0545. The molecule has 1 aliphatic rings. The third-order valence-electron chi connectivity index (χ3n) is 1.49. The summed E-state index contributed by atoms with van der Waals surface area (Å²) in [6.07, 6.45) is 4.08. The molecule has 0 fully saturated rings. The van der Waals surface area contributed by atoms with Gasteiger partial charge in [-0.2, -0.15) is 0 Å². The summed E-state index contributed by atoms with van der Waals surface area (Å²) < 4.78 is 5.39. The van der Waals surface area contributed by atoms with Crippen LogP contribution in [-0.2, 0) is 4.74 Å². The lowest BCUT2D eigenvalue weighted by Crippen LogP contribution is -2.11. The van der Waals surface area contributed by atoms with Crippen LogP contribution in [0, 0.1) is 0 Å². The van der Waals surface area contributed by atoms with Crippen LogP contribution in [0.1, 0.15) is 19.8 Å². The highest BCUT2D eigenvalue weighted by Gasteiger charge is 2.14. The van der Waals surface area contributed by atoms with Crippen molar-refractivity contribution >= 4 is 6.21 Å². The molecule has 1 rings (SSSR count). The average molecular weight is 142 g/mol. The van der Waals surface area contributed by atoms with E-state index < -0.39 is 0 Å². The van der Waals surface area contributed by atoms with Crippen LogP contribution in [0.3, 0.4) is 0 Å². The number of hydrogen-bond donors (Lipinski definition) is 1. The molecule has 2 N–H and O–H groups in total. The first kappa shape index (κ1) is 7.69. The molecule has 0 aliphatic carbocycles. The van der Waals surface area contributed by atoms with Crippen molar-refractivity contribution in [1.82, 2.24) is 0 Å². The fourth-order valence-corrected chi connectivity index (χ4v) is 0.970. The Balaban J connectivity index is 2.14. The molecule has 0 radical (unpaired) electrons. The van der Waals surface area contributed by atoms with Crippen molar-refractivity contribution in [2.24, 2.45) is 10.7 Å². The van der Waals surface area contributed by atoms with E-state index in [0.717, 1.165) is 19.4 Å². The highest BCUT2D eigenvalue weighted by atomic mass is 16.5. The van der Waals surface area contributed by atoms with E-state index in [1.54, 1.807) is 0 Å². The number of hydrogen-bond acceptors (Lipinski definition) is 3. The minimum absolute atomic E-state index is 0.0820. The van der Waals surface area contributed by atoms with E-state index in [9.17, 15) is 0 Å². The summed E-state index contributed by atoms with van der Waals surface area (Å²) in [5.41, 5.74) is 5.33. The molecule has 1 aliphatic heterocycles. The Morgan fingerprint density at radius 1 is 1.70 bits per heavy atom. The standard InChI is InChI=1S/C7H14N2O/c1-6-5-9-7(10-6)3-2-4-8/h5-7H,2-4,8H2,1H3. The van der Waals surface area contributed by atoms with Crippen molar-refractivity contribution < 1.29 is 4.74 Å². The molecule has 10 heavy (non-hydrogen) atoms. The SMILES string of the molecule is CC1C=NC(CCCN)O1. The molecule has 0 saturated heterocycles. The number of nitrogens with two attached hydrogens (primary N) is 1. The topological polar surface area (TPSA) is 47.6 Å². The van der Waals surface area contributed by atoms with Crippen LogP contribution in [0.25, 0.3) is 0 Å². The maximum Gasteiger partial charge on any atom is 0.148 e. The molecule has 0 saturated carbocycles. The zero-order valence-corrected chi connectivity index (χ0v) is 6.29. The smallest absolute Gasteiger partial charge is 0.148 e. The van der Waals surface area contributed by atoms with Crippen LogP contribution in [0.2, 0.25) is 0 Å². The second-order valence-electron chi connectivity index (χ2n) is 2.52. The van der Waals surface area contributed by atoms with E-state index in [0.29, 0.717) is 0 Å². The Morgan fingerprint density at radius 2 is 2.50 bits per heavy atom.